The van der Waals surface area contributed by atoms with E-state index >= 15 is 0 Å². The van der Waals surface area contributed by atoms with E-state index in [1.807, 2.05) is 52.9 Å². The number of anilines is 1. The fourth-order valence-electron chi connectivity index (χ4n) is 5.85. The second-order valence-electron chi connectivity index (χ2n) is 9.04. The Bertz CT molecular complexity index is 965. The van der Waals surface area contributed by atoms with E-state index in [1.165, 1.54) is 0 Å². The average Bonchev–Trinajstić information content (AvgIpc) is 3.42. The summed E-state index contributed by atoms with van der Waals surface area (Å²) in [5.74, 6) is 1.00. The minimum Gasteiger partial charge on any atom is -0.347 e. The first-order valence-corrected chi connectivity index (χ1v) is 10.6. The van der Waals surface area contributed by atoms with Gasteiger partial charge in [0.2, 0.25) is 11.9 Å². The predicted octanol–water partition coefficient (Wildman–Crippen LogP) is 1.41. The van der Waals surface area contributed by atoms with Gasteiger partial charge in [-0.25, -0.2) is 9.97 Å². The van der Waals surface area contributed by atoms with Gasteiger partial charge in [0, 0.05) is 70.8 Å². The van der Waals surface area contributed by atoms with E-state index < -0.39 is 5.41 Å². The molecule has 0 saturated carbocycles. The van der Waals surface area contributed by atoms with Crippen LogP contribution in [-0.4, -0.2) is 75.9 Å². The summed E-state index contributed by atoms with van der Waals surface area (Å²) in [7, 11) is 3.80. The van der Waals surface area contributed by atoms with Gasteiger partial charge in [-0.1, -0.05) is 0 Å². The zero-order chi connectivity index (χ0) is 20.9. The molecule has 3 aliphatic rings. The summed E-state index contributed by atoms with van der Waals surface area (Å²) < 4.78 is 1.87. The highest BCUT2D eigenvalue weighted by atomic mass is 16.2. The number of hydrogen-bond acceptors (Lipinski definition) is 5. The molecule has 8 heteroatoms. The molecule has 2 amide bonds. The summed E-state index contributed by atoms with van der Waals surface area (Å²) >= 11 is 0. The van der Waals surface area contributed by atoms with E-state index in [2.05, 4.69) is 14.9 Å². The van der Waals surface area contributed by atoms with Crippen molar-refractivity contribution in [3.8, 4) is 0 Å². The molecule has 1 atom stereocenters. The molecule has 3 aliphatic heterocycles. The number of carbonyl (C=O) groups is 2. The Labute approximate surface area is 176 Å². The van der Waals surface area contributed by atoms with Crippen molar-refractivity contribution < 1.29 is 9.59 Å². The zero-order valence-corrected chi connectivity index (χ0v) is 17.6. The van der Waals surface area contributed by atoms with Crippen LogP contribution in [0.15, 0.2) is 36.8 Å². The van der Waals surface area contributed by atoms with E-state index in [-0.39, 0.29) is 17.2 Å². The molecule has 3 saturated heterocycles. The number of carbonyl (C=O) groups excluding carboxylic acids is 2. The molecule has 30 heavy (non-hydrogen) atoms. The second-order valence-corrected chi connectivity index (χ2v) is 9.04. The van der Waals surface area contributed by atoms with Gasteiger partial charge in [-0.3, -0.25) is 9.59 Å². The highest BCUT2D eigenvalue weighted by Gasteiger charge is 2.65. The lowest BCUT2D eigenvalue weighted by atomic mass is 9.60. The molecule has 0 bridgehead atoms. The van der Waals surface area contributed by atoms with Gasteiger partial charge in [0.1, 0.15) is 5.69 Å². The van der Waals surface area contributed by atoms with Crippen molar-refractivity contribution in [1.29, 1.82) is 0 Å². The highest BCUT2D eigenvalue weighted by molar-refractivity contribution is 5.93. The SMILES string of the molecule is CN1CCC2(CN(c3ncccn3)CC23CCN(C(=O)c2cccn2C)CC3)C1=O. The fraction of sp³-hybridized carbons (Fsp3) is 0.545. The van der Waals surface area contributed by atoms with Crippen LogP contribution >= 0.6 is 0 Å². The minimum absolute atomic E-state index is 0.0718. The maximum Gasteiger partial charge on any atom is 0.270 e. The molecule has 5 rings (SSSR count). The first kappa shape index (κ1) is 19.1. The summed E-state index contributed by atoms with van der Waals surface area (Å²) in [6.45, 7) is 3.56. The van der Waals surface area contributed by atoms with Gasteiger partial charge < -0.3 is 19.3 Å². The number of amides is 2. The summed E-state index contributed by atoms with van der Waals surface area (Å²) in [6.07, 6.45) is 7.92. The van der Waals surface area contributed by atoms with E-state index in [9.17, 15) is 9.59 Å². The Balaban J connectivity index is 1.42. The Hall–Kier alpha value is -2.90. The van der Waals surface area contributed by atoms with E-state index in [0.717, 1.165) is 32.4 Å². The highest BCUT2D eigenvalue weighted by Crippen LogP contribution is 2.58. The third kappa shape index (κ3) is 2.66. The molecule has 158 valence electrons. The zero-order valence-electron chi connectivity index (χ0n) is 17.6. The Kier molecular flexibility index (Phi) is 4.34. The second kappa shape index (κ2) is 6.82. The van der Waals surface area contributed by atoms with Crippen LogP contribution < -0.4 is 4.90 Å². The number of aryl methyl sites for hydroxylation is 1. The molecule has 0 aliphatic carbocycles. The standard InChI is InChI=1S/C22H28N6O2/c1-25-11-3-5-17(25)18(29)27-13-6-21(7-14-27)15-28(20-23-9-4-10-24-20)16-22(21)8-12-26(2)19(22)30/h3-5,9-11H,6-8,12-16H2,1-2H3. The van der Waals surface area contributed by atoms with Gasteiger partial charge in [-0.05, 0) is 37.5 Å². The maximum atomic E-state index is 13.4. The lowest BCUT2D eigenvalue weighted by Crippen LogP contribution is -2.53. The van der Waals surface area contributed by atoms with Crippen molar-refractivity contribution in [3.05, 3.63) is 42.5 Å². The summed E-state index contributed by atoms with van der Waals surface area (Å²) in [5, 5.41) is 0. The van der Waals surface area contributed by atoms with Gasteiger partial charge in [-0.15, -0.1) is 0 Å². The van der Waals surface area contributed by atoms with Crippen LogP contribution in [0.4, 0.5) is 5.95 Å². The van der Waals surface area contributed by atoms with Crippen LogP contribution in [-0.2, 0) is 11.8 Å². The molecular weight excluding hydrogens is 380 g/mol. The number of rotatable bonds is 2. The summed E-state index contributed by atoms with van der Waals surface area (Å²) in [4.78, 5) is 41.3. The summed E-state index contributed by atoms with van der Waals surface area (Å²) in [5.41, 5.74) is 0.142. The fourth-order valence-corrected chi connectivity index (χ4v) is 5.85. The van der Waals surface area contributed by atoms with Crippen molar-refractivity contribution in [3.63, 3.8) is 0 Å². The van der Waals surface area contributed by atoms with Crippen LogP contribution in [0.25, 0.3) is 0 Å². The van der Waals surface area contributed by atoms with Gasteiger partial charge in [0.15, 0.2) is 0 Å². The number of likely N-dealkylation sites (tertiary alicyclic amines) is 2. The Morgan fingerprint density at radius 1 is 1.00 bits per heavy atom. The third-order valence-corrected chi connectivity index (χ3v) is 7.61. The monoisotopic (exact) mass is 408 g/mol. The molecule has 0 aromatic carbocycles. The van der Waals surface area contributed by atoms with Gasteiger partial charge in [0.05, 0.1) is 5.41 Å². The molecule has 0 radical (unpaired) electrons. The summed E-state index contributed by atoms with van der Waals surface area (Å²) in [6, 6.07) is 5.58. The number of hydrogen-bond donors (Lipinski definition) is 0. The molecule has 2 aromatic rings. The lowest BCUT2D eigenvalue weighted by molar-refractivity contribution is -0.140. The van der Waals surface area contributed by atoms with Crippen molar-refractivity contribution in [2.75, 3.05) is 44.7 Å². The van der Waals surface area contributed by atoms with Crippen molar-refractivity contribution in [2.24, 2.45) is 17.9 Å². The van der Waals surface area contributed by atoms with Crippen molar-refractivity contribution in [2.45, 2.75) is 19.3 Å². The van der Waals surface area contributed by atoms with E-state index in [0.29, 0.717) is 31.3 Å². The quantitative estimate of drug-likeness (QED) is 0.751. The lowest BCUT2D eigenvalue weighted by Gasteiger charge is -2.46. The van der Waals surface area contributed by atoms with Crippen LogP contribution in [0, 0.1) is 10.8 Å². The van der Waals surface area contributed by atoms with Gasteiger partial charge in [0.25, 0.3) is 5.91 Å². The average molecular weight is 409 g/mol. The number of aromatic nitrogens is 3. The van der Waals surface area contributed by atoms with E-state index in [4.69, 9.17) is 0 Å². The topological polar surface area (TPSA) is 74.6 Å². The first-order chi connectivity index (χ1) is 14.5. The number of piperidine rings is 1. The molecule has 0 N–H and O–H groups in total. The van der Waals surface area contributed by atoms with Crippen LogP contribution in [0.2, 0.25) is 0 Å². The van der Waals surface area contributed by atoms with Crippen LogP contribution in [0.5, 0.6) is 0 Å². The van der Waals surface area contributed by atoms with Gasteiger partial charge in [-0.2, -0.15) is 0 Å². The molecule has 1 unspecified atom stereocenters. The number of fused-ring (bicyclic) bond motifs is 1. The smallest absolute Gasteiger partial charge is 0.270 e. The Morgan fingerprint density at radius 3 is 2.33 bits per heavy atom. The number of nitrogens with zero attached hydrogens (tertiary/aromatic N) is 6. The van der Waals surface area contributed by atoms with Crippen molar-refractivity contribution >= 4 is 17.8 Å². The van der Waals surface area contributed by atoms with Gasteiger partial charge >= 0.3 is 0 Å². The van der Waals surface area contributed by atoms with Crippen LogP contribution in [0.3, 0.4) is 0 Å². The largest absolute Gasteiger partial charge is 0.347 e. The van der Waals surface area contributed by atoms with Crippen LogP contribution in [0.1, 0.15) is 29.8 Å². The maximum absolute atomic E-state index is 13.4. The molecular formula is C22H28N6O2. The minimum atomic E-state index is -0.416. The van der Waals surface area contributed by atoms with E-state index in [1.54, 1.807) is 12.4 Å². The third-order valence-electron chi connectivity index (χ3n) is 7.61. The Morgan fingerprint density at radius 2 is 1.73 bits per heavy atom. The first-order valence-electron chi connectivity index (χ1n) is 10.6. The molecule has 2 aromatic heterocycles. The van der Waals surface area contributed by atoms with Crippen molar-refractivity contribution in [1.82, 2.24) is 24.3 Å². The predicted molar refractivity (Wildman–Crippen MR) is 112 cm³/mol. The molecule has 3 fully saturated rings. The molecule has 2 spiro atoms. The molecule has 5 heterocycles. The molecule has 8 nitrogen and oxygen atoms in total. The normalized spacial score (nSPS) is 25.7.